The summed E-state index contributed by atoms with van der Waals surface area (Å²) in [5, 5.41) is 2.58. The second-order valence-electron chi connectivity index (χ2n) is 5.37. The van der Waals surface area contributed by atoms with Gasteiger partial charge in [0, 0.05) is 6.54 Å². The van der Waals surface area contributed by atoms with Gasteiger partial charge < -0.3 is 14.8 Å². The maximum Gasteiger partial charge on any atom is 0.347 e. The highest BCUT2D eigenvalue weighted by molar-refractivity contribution is 5.81. The van der Waals surface area contributed by atoms with Gasteiger partial charge in [0.1, 0.15) is 11.6 Å². The molecule has 1 N–H and O–H groups in total. The monoisotopic (exact) mass is 345 g/mol. The van der Waals surface area contributed by atoms with Gasteiger partial charge in [-0.25, -0.2) is 9.18 Å². The Kier molecular flexibility index (Phi) is 6.95. The third kappa shape index (κ3) is 6.25. The first-order chi connectivity index (χ1) is 12.1. The summed E-state index contributed by atoms with van der Waals surface area (Å²) < 4.78 is 23.8. The molecule has 0 spiro atoms. The van der Waals surface area contributed by atoms with Gasteiger partial charge in [0.05, 0.1) is 0 Å². The van der Waals surface area contributed by atoms with Crippen LogP contribution < -0.4 is 10.1 Å². The van der Waals surface area contributed by atoms with Crippen LogP contribution in [0.3, 0.4) is 0 Å². The SMILES string of the molecule is C[C@@H](Oc1ccccc1)C(=O)OCC(=O)NCCc1ccccc1F. The van der Waals surface area contributed by atoms with E-state index in [1.807, 2.05) is 6.07 Å². The van der Waals surface area contributed by atoms with Crippen LogP contribution >= 0.6 is 0 Å². The van der Waals surface area contributed by atoms with Crippen LogP contribution in [0, 0.1) is 5.82 Å². The molecule has 1 atom stereocenters. The van der Waals surface area contributed by atoms with Gasteiger partial charge in [-0.05, 0) is 37.1 Å². The normalized spacial score (nSPS) is 11.4. The maximum absolute atomic E-state index is 13.4. The summed E-state index contributed by atoms with van der Waals surface area (Å²) in [6.45, 7) is 1.40. The van der Waals surface area contributed by atoms with E-state index >= 15 is 0 Å². The van der Waals surface area contributed by atoms with E-state index in [1.54, 1.807) is 49.4 Å². The van der Waals surface area contributed by atoms with Crippen molar-refractivity contribution >= 4 is 11.9 Å². The molecule has 0 radical (unpaired) electrons. The molecule has 2 aromatic rings. The first-order valence-corrected chi connectivity index (χ1v) is 7.94. The average molecular weight is 345 g/mol. The van der Waals surface area contributed by atoms with Gasteiger partial charge in [-0.1, -0.05) is 36.4 Å². The summed E-state index contributed by atoms with van der Waals surface area (Å²) in [5.41, 5.74) is 0.518. The molecule has 2 aromatic carbocycles. The average Bonchev–Trinajstić information content (AvgIpc) is 2.62. The zero-order valence-corrected chi connectivity index (χ0v) is 13.9. The number of amides is 1. The molecule has 1 amide bonds. The van der Waals surface area contributed by atoms with Gasteiger partial charge in [-0.2, -0.15) is 0 Å². The summed E-state index contributed by atoms with van der Waals surface area (Å²) in [4.78, 5) is 23.5. The molecular weight excluding hydrogens is 325 g/mol. The summed E-state index contributed by atoms with van der Waals surface area (Å²) in [6, 6.07) is 15.2. The minimum Gasteiger partial charge on any atom is -0.479 e. The van der Waals surface area contributed by atoms with E-state index in [4.69, 9.17) is 9.47 Å². The lowest BCUT2D eigenvalue weighted by Crippen LogP contribution is -2.33. The largest absolute Gasteiger partial charge is 0.479 e. The predicted octanol–water partition coefficient (Wildman–Crippen LogP) is 2.50. The van der Waals surface area contributed by atoms with E-state index in [0.717, 1.165) is 0 Å². The van der Waals surface area contributed by atoms with E-state index in [0.29, 0.717) is 17.7 Å². The molecule has 0 saturated heterocycles. The molecule has 0 heterocycles. The second-order valence-corrected chi connectivity index (χ2v) is 5.37. The quantitative estimate of drug-likeness (QED) is 0.747. The van der Waals surface area contributed by atoms with Gasteiger partial charge in [-0.15, -0.1) is 0 Å². The number of esters is 1. The van der Waals surface area contributed by atoms with Crippen molar-refractivity contribution in [1.29, 1.82) is 0 Å². The number of halogens is 1. The Morgan fingerprint density at radius 1 is 1.08 bits per heavy atom. The van der Waals surface area contributed by atoms with Crippen LogP contribution in [-0.4, -0.2) is 31.1 Å². The van der Waals surface area contributed by atoms with Gasteiger partial charge in [0.2, 0.25) is 0 Å². The minimum atomic E-state index is -0.825. The summed E-state index contributed by atoms with van der Waals surface area (Å²) >= 11 is 0. The molecule has 0 fully saturated rings. The molecule has 0 aromatic heterocycles. The fourth-order valence-electron chi connectivity index (χ4n) is 2.09. The molecule has 0 aliphatic carbocycles. The molecular formula is C19H20FNO4. The summed E-state index contributed by atoms with van der Waals surface area (Å²) in [6.07, 6.45) is -0.464. The molecule has 132 valence electrons. The van der Waals surface area contributed by atoms with Crippen molar-refractivity contribution in [2.75, 3.05) is 13.2 Å². The Morgan fingerprint density at radius 3 is 2.48 bits per heavy atom. The molecule has 25 heavy (non-hydrogen) atoms. The van der Waals surface area contributed by atoms with Crippen LogP contribution in [-0.2, 0) is 20.7 Å². The fraction of sp³-hybridized carbons (Fsp3) is 0.263. The third-order valence-electron chi connectivity index (χ3n) is 3.41. The highest BCUT2D eigenvalue weighted by atomic mass is 19.1. The maximum atomic E-state index is 13.4. The highest BCUT2D eigenvalue weighted by Crippen LogP contribution is 2.11. The van der Waals surface area contributed by atoms with Crippen LogP contribution in [0.1, 0.15) is 12.5 Å². The second kappa shape index (κ2) is 9.42. The number of nitrogens with one attached hydrogen (secondary N) is 1. The molecule has 2 rings (SSSR count). The highest BCUT2D eigenvalue weighted by Gasteiger charge is 2.17. The number of hydrogen-bond acceptors (Lipinski definition) is 4. The molecule has 6 heteroatoms. The van der Waals surface area contributed by atoms with Crippen molar-refractivity contribution in [1.82, 2.24) is 5.32 Å². The fourth-order valence-corrected chi connectivity index (χ4v) is 2.09. The Hall–Kier alpha value is -2.89. The Bertz CT molecular complexity index is 706. The van der Waals surface area contributed by atoms with Crippen LogP contribution in [0.2, 0.25) is 0 Å². The minimum absolute atomic E-state index is 0.257. The van der Waals surface area contributed by atoms with Gasteiger partial charge in [0.25, 0.3) is 5.91 Å². The van der Waals surface area contributed by atoms with Crippen LogP contribution in [0.15, 0.2) is 54.6 Å². The number of ether oxygens (including phenoxy) is 2. The molecule has 0 aliphatic heterocycles. The van der Waals surface area contributed by atoms with Crippen molar-refractivity contribution in [2.45, 2.75) is 19.4 Å². The lowest BCUT2D eigenvalue weighted by atomic mass is 10.1. The van der Waals surface area contributed by atoms with Crippen LogP contribution in [0.4, 0.5) is 4.39 Å². The first-order valence-electron chi connectivity index (χ1n) is 7.94. The van der Waals surface area contributed by atoms with Crippen LogP contribution in [0.5, 0.6) is 5.75 Å². The number of carbonyl (C=O) groups excluding carboxylic acids is 2. The summed E-state index contributed by atoms with van der Waals surface area (Å²) in [5.74, 6) is -0.846. The molecule has 0 bridgehead atoms. The lowest BCUT2D eigenvalue weighted by Gasteiger charge is -2.13. The van der Waals surface area contributed by atoms with Crippen molar-refractivity contribution in [3.8, 4) is 5.75 Å². The Labute approximate surface area is 145 Å². The van der Waals surface area contributed by atoms with E-state index in [-0.39, 0.29) is 12.4 Å². The predicted molar refractivity (Wildman–Crippen MR) is 90.6 cm³/mol. The third-order valence-corrected chi connectivity index (χ3v) is 3.41. The van der Waals surface area contributed by atoms with E-state index in [2.05, 4.69) is 5.32 Å². The van der Waals surface area contributed by atoms with Crippen molar-refractivity contribution < 1.29 is 23.5 Å². The van der Waals surface area contributed by atoms with E-state index < -0.39 is 24.6 Å². The Balaban J connectivity index is 1.67. The number of para-hydroxylation sites is 1. The summed E-state index contributed by atoms with van der Waals surface area (Å²) in [7, 11) is 0. The first kappa shape index (κ1) is 18.4. The van der Waals surface area contributed by atoms with Crippen LogP contribution in [0.25, 0.3) is 0 Å². The van der Waals surface area contributed by atoms with E-state index in [1.165, 1.54) is 6.07 Å². The lowest BCUT2D eigenvalue weighted by molar-refractivity contribution is -0.154. The topological polar surface area (TPSA) is 64.6 Å². The van der Waals surface area contributed by atoms with E-state index in [9.17, 15) is 14.0 Å². The standard InChI is InChI=1S/C19H20FNO4/c1-14(25-16-8-3-2-4-9-16)19(23)24-13-18(22)21-12-11-15-7-5-6-10-17(15)20/h2-10,14H,11-13H2,1H3,(H,21,22)/t14-/m1/s1. The number of carbonyl (C=O) groups is 2. The molecule has 0 saturated carbocycles. The molecule has 0 unspecified atom stereocenters. The van der Waals surface area contributed by atoms with Crippen molar-refractivity contribution in [3.05, 3.63) is 66.0 Å². The van der Waals surface area contributed by atoms with Gasteiger partial charge >= 0.3 is 5.97 Å². The smallest absolute Gasteiger partial charge is 0.347 e. The van der Waals surface area contributed by atoms with Gasteiger partial charge in [-0.3, -0.25) is 4.79 Å². The van der Waals surface area contributed by atoms with Gasteiger partial charge in [0.15, 0.2) is 12.7 Å². The molecule has 5 nitrogen and oxygen atoms in total. The zero-order chi connectivity index (χ0) is 18.1. The number of benzene rings is 2. The number of hydrogen-bond donors (Lipinski definition) is 1. The zero-order valence-electron chi connectivity index (χ0n) is 13.9. The van der Waals surface area contributed by atoms with Crippen molar-refractivity contribution in [3.63, 3.8) is 0 Å². The number of rotatable bonds is 8. The Morgan fingerprint density at radius 2 is 1.76 bits per heavy atom. The molecule has 0 aliphatic rings. The van der Waals surface area contributed by atoms with Crippen molar-refractivity contribution in [2.24, 2.45) is 0 Å².